The Kier molecular flexibility index (Phi) is 3.34. The topological polar surface area (TPSA) is 44.0 Å². The Balaban J connectivity index is 1.81. The van der Waals surface area contributed by atoms with Crippen LogP contribution in [0.4, 0.5) is 0 Å². The molecule has 1 saturated heterocycles. The summed E-state index contributed by atoms with van der Waals surface area (Å²) in [5.74, 6) is 2.06. The molecule has 3 rings (SSSR count). The highest BCUT2D eigenvalue weighted by atomic mass is 16.3. The van der Waals surface area contributed by atoms with Crippen molar-refractivity contribution in [3.05, 3.63) is 24.2 Å². The molecule has 1 unspecified atom stereocenters. The van der Waals surface area contributed by atoms with Crippen LogP contribution in [0.1, 0.15) is 11.8 Å². The van der Waals surface area contributed by atoms with E-state index < -0.39 is 0 Å². The van der Waals surface area contributed by atoms with E-state index in [2.05, 4.69) is 27.2 Å². The predicted molar refractivity (Wildman–Crippen MR) is 70.8 cm³/mol. The van der Waals surface area contributed by atoms with Crippen molar-refractivity contribution in [3.8, 4) is 0 Å². The van der Waals surface area contributed by atoms with Crippen molar-refractivity contribution in [1.82, 2.24) is 15.1 Å². The highest BCUT2D eigenvalue weighted by molar-refractivity contribution is 5.89. The number of amidine groups is 1. The number of aliphatic imine (C=N–C) groups is 1. The third-order valence-corrected chi connectivity index (χ3v) is 3.67. The highest BCUT2D eigenvalue weighted by Gasteiger charge is 2.31. The summed E-state index contributed by atoms with van der Waals surface area (Å²) >= 11 is 0. The lowest BCUT2D eigenvalue weighted by Crippen LogP contribution is -2.49. The zero-order valence-electron chi connectivity index (χ0n) is 10.8. The van der Waals surface area contributed by atoms with E-state index in [0.29, 0.717) is 0 Å². The first-order valence-electron chi connectivity index (χ1n) is 6.59. The van der Waals surface area contributed by atoms with Crippen molar-refractivity contribution in [1.29, 1.82) is 0 Å². The molecule has 98 valence electrons. The minimum Gasteiger partial charge on any atom is -0.467 e. The van der Waals surface area contributed by atoms with Crippen molar-refractivity contribution in [3.63, 3.8) is 0 Å². The molecule has 0 amide bonds. The smallest absolute Gasteiger partial charge is 0.128 e. The lowest BCUT2D eigenvalue weighted by molar-refractivity contribution is 0.127. The summed E-state index contributed by atoms with van der Waals surface area (Å²) in [7, 11) is 2.17. The molecule has 1 N–H and O–H groups in total. The van der Waals surface area contributed by atoms with Crippen molar-refractivity contribution in [2.75, 3.05) is 46.3 Å². The molecular weight excluding hydrogens is 228 g/mol. The van der Waals surface area contributed by atoms with Gasteiger partial charge < -0.3 is 14.6 Å². The van der Waals surface area contributed by atoms with Crippen LogP contribution in [0.25, 0.3) is 0 Å². The number of nitrogens with one attached hydrogen (secondary N) is 1. The average molecular weight is 248 g/mol. The number of hydrogen-bond acceptors (Lipinski definition) is 5. The zero-order valence-corrected chi connectivity index (χ0v) is 10.8. The Hall–Kier alpha value is -1.33. The molecule has 18 heavy (non-hydrogen) atoms. The van der Waals surface area contributed by atoms with Crippen LogP contribution in [0.15, 0.2) is 27.8 Å². The van der Waals surface area contributed by atoms with Gasteiger partial charge in [0.2, 0.25) is 0 Å². The highest BCUT2D eigenvalue weighted by Crippen LogP contribution is 2.24. The van der Waals surface area contributed by atoms with Gasteiger partial charge >= 0.3 is 0 Å². The Bertz CT molecular complexity index is 407. The quantitative estimate of drug-likeness (QED) is 0.849. The summed E-state index contributed by atoms with van der Waals surface area (Å²) in [4.78, 5) is 9.39. The van der Waals surface area contributed by atoms with E-state index in [1.165, 1.54) is 0 Å². The predicted octanol–water partition coefficient (Wildman–Crippen LogP) is 0.570. The summed E-state index contributed by atoms with van der Waals surface area (Å²) < 4.78 is 5.61. The molecule has 5 heteroatoms. The van der Waals surface area contributed by atoms with Crippen LogP contribution in [0, 0.1) is 0 Å². The number of nitrogens with zero attached hydrogens (tertiary/aromatic N) is 3. The molecule has 3 heterocycles. The lowest BCUT2D eigenvalue weighted by Gasteiger charge is -2.37. The van der Waals surface area contributed by atoms with E-state index in [4.69, 9.17) is 4.42 Å². The van der Waals surface area contributed by atoms with E-state index in [-0.39, 0.29) is 6.04 Å². The average Bonchev–Trinajstić information content (AvgIpc) is 3.06. The van der Waals surface area contributed by atoms with E-state index in [0.717, 1.165) is 50.9 Å². The summed E-state index contributed by atoms with van der Waals surface area (Å²) in [5, 5.41) is 3.39. The van der Waals surface area contributed by atoms with Crippen LogP contribution in [-0.4, -0.2) is 62.0 Å². The maximum absolute atomic E-state index is 5.61. The minimum absolute atomic E-state index is 0.163. The largest absolute Gasteiger partial charge is 0.467 e. The van der Waals surface area contributed by atoms with Gasteiger partial charge in [-0.3, -0.25) is 9.89 Å². The van der Waals surface area contributed by atoms with Crippen molar-refractivity contribution < 1.29 is 4.42 Å². The van der Waals surface area contributed by atoms with E-state index in [9.17, 15) is 0 Å². The van der Waals surface area contributed by atoms with Gasteiger partial charge in [-0.1, -0.05) is 0 Å². The van der Waals surface area contributed by atoms with Gasteiger partial charge in [0, 0.05) is 32.7 Å². The third-order valence-electron chi connectivity index (χ3n) is 3.67. The van der Waals surface area contributed by atoms with Crippen LogP contribution < -0.4 is 5.32 Å². The first-order valence-corrected chi connectivity index (χ1v) is 6.59. The van der Waals surface area contributed by atoms with Gasteiger partial charge in [0.05, 0.1) is 12.8 Å². The second-order valence-electron chi connectivity index (χ2n) is 4.95. The number of piperazine rings is 1. The maximum atomic E-state index is 5.61. The normalized spacial score (nSPS) is 23.7. The summed E-state index contributed by atoms with van der Waals surface area (Å²) in [6.45, 7) is 6.14. The summed E-state index contributed by atoms with van der Waals surface area (Å²) in [6, 6.07) is 4.16. The van der Waals surface area contributed by atoms with Gasteiger partial charge in [-0.2, -0.15) is 0 Å². The first-order chi connectivity index (χ1) is 8.84. The number of furan rings is 1. The summed E-state index contributed by atoms with van der Waals surface area (Å²) in [5.41, 5.74) is 0. The van der Waals surface area contributed by atoms with Gasteiger partial charge in [0.15, 0.2) is 0 Å². The first kappa shape index (κ1) is 11.7. The Morgan fingerprint density at radius 3 is 2.78 bits per heavy atom. The molecule has 0 saturated carbocycles. The lowest BCUT2D eigenvalue weighted by atomic mass is 10.1. The molecule has 0 radical (unpaired) electrons. The monoisotopic (exact) mass is 248 g/mol. The Morgan fingerprint density at radius 2 is 2.17 bits per heavy atom. The van der Waals surface area contributed by atoms with Gasteiger partial charge in [0.1, 0.15) is 17.6 Å². The van der Waals surface area contributed by atoms with Crippen LogP contribution in [-0.2, 0) is 0 Å². The van der Waals surface area contributed by atoms with Gasteiger partial charge in [0.25, 0.3) is 0 Å². The van der Waals surface area contributed by atoms with Crippen LogP contribution in [0.5, 0.6) is 0 Å². The molecule has 2 aliphatic heterocycles. The van der Waals surface area contributed by atoms with Crippen molar-refractivity contribution in [2.24, 2.45) is 4.99 Å². The SMILES string of the molecule is CN1CCN(C(C2=NCCN2)c2ccco2)CC1. The second-order valence-corrected chi connectivity index (χ2v) is 4.95. The fourth-order valence-corrected chi connectivity index (χ4v) is 2.61. The fraction of sp³-hybridized carbons (Fsp3) is 0.615. The molecule has 0 bridgehead atoms. The molecule has 0 spiro atoms. The molecular formula is C13H20N4O. The van der Waals surface area contributed by atoms with Gasteiger partial charge in [-0.15, -0.1) is 0 Å². The number of hydrogen-bond donors (Lipinski definition) is 1. The molecule has 1 atom stereocenters. The van der Waals surface area contributed by atoms with E-state index >= 15 is 0 Å². The van der Waals surface area contributed by atoms with Gasteiger partial charge in [-0.05, 0) is 19.2 Å². The molecule has 0 aromatic carbocycles. The van der Waals surface area contributed by atoms with Crippen LogP contribution in [0.2, 0.25) is 0 Å². The van der Waals surface area contributed by atoms with E-state index in [1.54, 1.807) is 6.26 Å². The van der Waals surface area contributed by atoms with Crippen LogP contribution in [0.3, 0.4) is 0 Å². The molecule has 5 nitrogen and oxygen atoms in total. The molecule has 2 aliphatic rings. The number of rotatable bonds is 3. The molecule has 0 aliphatic carbocycles. The molecule has 1 aromatic heterocycles. The standard InChI is InChI=1S/C13H20N4O/c1-16-6-8-17(9-7-16)12(11-3-2-10-18-11)13-14-4-5-15-13/h2-3,10,12H,4-9H2,1H3,(H,14,15). The number of likely N-dealkylation sites (N-methyl/N-ethyl adjacent to an activating group) is 1. The Labute approximate surface area is 107 Å². The Morgan fingerprint density at radius 1 is 1.33 bits per heavy atom. The molecule has 1 aromatic rings. The second kappa shape index (κ2) is 5.12. The summed E-state index contributed by atoms with van der Waals surface area (Å²) in [6.07, 6.45) is 1.74. The minimum atomic E-state index is 0.163. The van der Waals surface area contributed by atoms with Crippen molar-refractivity contribution in [2.45, 2.75) is 6.04 Å². The third kappa shape index (κ3) is 2.28. The zero-order chi connectivity index (χ0) is 12.4. The maximum Gasteiger partial charge on any atom is 0.128 e. The fourth-order valence-electron chi connectivity index (χ4n) is 2.61. The van der Waals surface area contributed by atoms with Crippen molar-refractivity contribution >= 4 is 5.84 Å². The van der Waals surface area contributed by atoms with Crippen LogP contribution >= 0.6 is 0 Å². The van der Waals surface area contributed by atoms with Gasteiger partial charge in [-0.25, -0.2) is 0 Å². The molecule has 1 fully saturated rings. The van der Waals surface area contributed by atoms with E-state index in [1.807, 2.05) is 12.1 Å².